The summed E-state index contributed by atoms with van der Waals surface area (Å²) in [5.74, 6) is 0.105. The lowest BCUT2D eigenvalue weighted by molar-refractivity contribution is 0.759. The molecule has 2 nitrogen and oxygen atoms in total. The SMILES string of the molecule is Cc1cc(C)c(C)c(-c2cc(Cl)c3[nH]c4cc(C#N)c5c(c4c3c2)C2c3ccccc3C5c3ccccc32)c1C. The average molecular weight is 535 g/mol. The molecule has 3 aliphatic carbocycles. The van der Waals surface area contributed by atoms with Crippen molar-refractivity contribution in [1.82, 2.24) is 4.98 Å². The third kappa shape index (κ3) is 2.88. The predicted molar refractivity (Wildman–Crippen MR) is 165 cm³/mol. The molecule has 192 valence electrons. The second-order valence-corrected chi connectivity index (χ2v) is 12.0. The number of fused-ring (bicyclic) bond motifs is 3. The van der Waals surface area contributed by atoms with E-state index >= 15 is 0 Å². The second-order valence-electron chi connectivity index (χ2n) is 11.6. The summed E-state index contributed by atoms with van der Waals surface area (Å²) >= 11 is 7.07. The van der Waals surface area contributed by atoms with Gasteiger partial charge in [-0.3, -0.25) is 0 Å². The first-order valence-electron chi connectivity index (χ1n) is 13.9. The minimum atomic E-state index is 0.0407. The van der Waals surface area contributed by atoms with Gasteiger partial charge < -0.3 is 4.98 Å². The number of benzene rings is 5. The molecule has 0 saturated carbocycles. The number of aryl methyl sites for hydroxylation is 2. The monoisotopic (exact) mass is 534 g/mol. The van der Waals surface area contributed by atoms with Crippen LogP contribution in [0, 0.1) is 39.0 Å². The molecule has 0 unspecified atom stereocenters. The van der Waals surface area contributed by atoms with Crippen molar-refractivity contribution in [2.24, 2.45) is 0 Å². The summed E-state index contributed by atoms with van der Waals surface area (Å²) in [4.78, 5) is 3.63. The molecule has 3 aliphatic rings. The number of aromatic amines is 1. The fourth-order valence-electron chi connectivity index (χ4n) is 7.70. The normalized spacial score (nSPS) is 16.6. The largest absolute Gasteiger partial charge is 0.353 e. The summed E-state index contributed by atoms with van der Waals surface area (Å²) in [6.45, 7) is 8.78. The highest BCUT2D eigenvalue weighted by Gasteiger charge is 2.44. The third-order valence-electron chi connectivity index (χ3n) is 9.62. The number of hydrogen-bond donors (Lipinski definition) is 1. The molecule has 0 fully saturated rings. The average Bonchev–Trinajstić information content (AvgIpc) is 3.34. The van der Waals surface area contributed by atoms with Crippen LogP contribution in [0.5, 0.6) is 0 Å². The number of halogens is 1. The van der Waals surface area contributed by atoms with Crippen molar-refractivity contribution in [3.63, 3.8) is 0 Å². The molecule has 9 rings (SSSR count). The van der Waals surface area contributed by atoms with E-state index in [-0.39, 0.29) is 11.8 Å². The van der Waals surface area contributed by atoms with Crippen LogP contribution in [0.1, 0.15) is 73.0 Å². The predicted octanol–water partition coefficient (Wildman–Crippen LogP) is 9.73. The topological polar surface area (TPSA) is 39.6 Å². The summed E-state index contributed by atoms with van der Waals surface area (Å²) in [7, 11) is 0. The van der Waals surface area contributed by atoms with Crippen LogP contribution in [-0.2, 0) is 0 Å². The smallest absolute Gasteiger partial charge is 0.0995 e. The lowest BCUT2D eigenvalue weighted by Gasteiger charge is -2.43. The molecule has 0 amide bonds. The zero-order valence-corrected chi connectivity index (χ0v) is 23.7. The van der Waals surface area contributed by atoms with Crippen molar-refractivity contribution in [3.8, 4) is 17.2 Å². The maximum Gasteiger partial charge on any atom is 0.0995 e. The Morgan fingerprint density at radius 1 is 0.725 bits per heavy atom. The highest BCUT2D eigenvalue weighted by molar-refractivity contribution is 6.37. The van der Waals surface area contributed by atoms with Crippen LogP contribution in [-0.4, -0.2) is 4.98 Å². The minimum absolute atomic E-state index is 0.0407. The van der Waals surface area contributed by atoms with Gasteiger partial charge in [-0.25, -0.2) is 0 Å². The van der Waals surface area contributed by atoms with Crippen molar-refractivity contribution in [3.05, 3.63) is 139 Å². The van der Waals surface area contributed by atoms with Crippen molar-refractivity contribution < 1.29 is 0 Å². The standard InChI is InChI=1S/C37H27ClN2/c1-18-13-19(2)21(4)31(20(18)3)22-14-28-35-30(40-37(28)29(38)15-22)16-23(17-39)32-33-24-9-5-7-11-26(24)34(36(32)35)27-12-8-6-10-25(27)33/h5-16,33-34,40H,1-4H3. The van der Waals surface area contributed by atoms with Gasteiger partial charge in [0.1, 0.15) is 0 Å². The highest BCUT2D eigenvalue weighted by Crippen LogP contribution is 2.59. The number of hydrogen-bond acceptors (Lipinski definition) is 1. The molecule has 1 N–H and O–H groups in total. The van der Waals surface area contributed by atoms with Gasteiger partial charge in [-0.15, -0.1) is 0 Å². The van der Waals surface area contributed by atoms with Gasteiger partial charge in [-0.2, -0.15) is 5.26 Å². The second kappa shape index (κ2) is 8.10. The van der Waals surface area contributed by atoms with Crippen LogP contribution < -0.4 is 0 Å². The first-order chi connectivity index (χ1) is 19.4. The maximum absolute atomic E-state index is 10.4. The quantitative estimate of drug-likeness (QED) is 0.223. The minimum Gasteiger partial charge on any atom is -0.353 e. The van der Waals surface area contributed by atoms with Crippen molar-refractivity contribution in [2.45, 2.75) is 39.5 Å². The number of aromatic nitrogens is 1. The zero-order valence-electron chi connectivity index (χ0n) is 22.9. The number of H-pyrrole nitrogens is 1. The van der Waals surface area contributed by atoms with Gasteiger partial charge in [-0.1, -0.05) is 66.2 Å². The zero-order chi connectivity index (χ0) is 27.4. The molecule has 1 aromatic heterocycles. The van der Waals surface area contributed by atoms with E-state index in [2.05, 4.69) is 105 Å². The molecule has 2 bridgehead atoms. The van der Waals surface area contributed by atoms with E-state index in [1.807, 2.05) is 6.07 Å². The molecule has 0 radical (unpaired) electrons. The summed E-state index contributed by atoms with van der Waals surface area (Å²) < 4.78 is 0. The molecular weight excluding hydrogens is 508 g/mol. The summed E-state index contributed by atoms with van der Waals surface area (Å²) in [6, 6.07) is 28.9. The van der Waals surface area contributed by atoms with Crippen molar-refractivity contribution in [2.75, 3.05) is 0 Å². The Kier molecular flexibility index (Phi) is 4.77. The molecule has 0 saturated heterocycles. The van der Waals surface area contributed by atoms with Crippen molar-refractivity contribution in [1.29, 1.82) is 5.26 Å². The van der Waals surface area contributed by atoms with E-state index < -0.39 is 0 Å². The summed E-state index contributed by atoms with van der Waals surface area (Å²) in [5.41, 5.74) is 17.9. The molecule has 5 aromatic carbocycles. The van der Waals surface area contributed by atoms with Crippen molar-refractivity contribution >= 4 is 33.4 Å². The van der Waals surface area contributed by atoms with Gasteiger partial charge in [0.25, 0.3) is 0 Å². The Morgan fingerprint density at radius 3 is 1.82 bits per heavy atom. The highest BCUT2D eigenvalue weighted by atomic mass is 35.5. The Bertz CT molecular complexity index is 2070. The van der Waals surface area contributed by atoms with E-state index in [0.717, 1.165) is 33.1 Å². The fraction of sp³-hybridized carbons (Fsp3) is 0.162. The van der Waals surface area contributed by atoms with E-state index in [1.54, 1.807) is 0 Å². The fourth-order valence-corrected chi connectivity index (χ4v) is 7.97. The number of nitriles is 1. The molecule has 0 aliphatic heterocycles. The van der Waals surface area contributed by atoms with Gasteiger partial charge in [-0.05, 0) is 113 Å². The molecule has 0 atom stereocenters. The van der Waals surface area contributed by atoms with Gasteiger partial charge in [0, 0.05) is 28.1 Å². The van der Waals surface area contributed by atoms with Gasteiger partial charge >= 0.3 is 0 Å². The van der Waals surface area contributed by atoms with Crippen LogP contribution in [0.15, 0.2) is 72.8 Å². The third-order valence-corrected chi connectivity index (χ3v) is 9.91. The van der Waals surface area contributed by atoms with E-state index in [0.29, 0.717) is 5.02 Å². The van der Waals surface area contributed by atoms with Crippen LogP contribution in [0.2, 0.25) is 5.02 Å². The Hall–Kier alpha value is -4.32. The molecule has 3 heteroatoms. The molecule has 6 aromatic rings. The van der Waals surface area contributed by atoms with E-state index in [4.69, 9.17) is 11.6 Å². The lowest BCUT2D eigenvalue weighted by Crippen LogP contribution is -2.28. The van der Waals surface area contributed by atoms with Crippen LogP contribution in [0.3, 0.4) is 0 Å². The Labute approximate surface area is 238 Å². The van der Waals surface area contributed by atoms with Crippen LogP contribution in [0.4, 0.5) is 0 Å². The first-order valence-corrected chi connectivity index (χ1v) is 14.2. The Balaban J connectivity index is 1.53. The number of nitrogens with one attached hydrogen (secondary N) is 1. The van der Waals surface area contributed by atoms with Crippen LogP contribution >= 0.6 is 11.6 Å². The van der Waals surface area contributed by atoms with Gasteiger partial charge in [0.15, 0.2) is 0 Å². The van der Waals surface area contributed by atoms with Gasteiger partial charge in [0.2, 0.25) is 0 Å². The summed E-state index contributed by atoms with van der Waals surface area (Å²) in [5, 5.41) is 13.4. The van der Waals surface area contributed by atoms with E-state index in [1.165, 1.54) is 61.0 Å². The molecule has 0 spiro atoms. The molecule has 1 heterocycles. The first kappa shape index (κ1) is 23.6. The molecular formula is C37H27ClN2. The summed E-state index contributed by atoms with van der Waals surface area (Å²) in [6.07, 6.45) is 0. The Morgan fingerprint density at radius 2 is 1.27 bits per heavy atom. The lowest BCUT2D eigenvalue weighted by atomic mass is 9.59. The number of nitrogens with zero attached hydrogens (tertiary/aromatic N) is 1. The number of rotatable bonds is 1. The molecule has 40 heavy (non-hydrogen) atoms. The maximum atomic E-state index is 10.4. The van der Waals surface area contributed by atoms with Crippen LogP contribution in [0.25, 0.3) is 32.9 Å². The van der Waals surface area contributed by atoms with E-state index in [9.17, 15) is 5.26 Å². The van der Waals surface area contributed by atoms with Gasteiger partial charge in [0.05, 0.1) is 22.2 Å².